The summed E-state index contributed by atoms with van der Waals surface area (Å²) >= 11 is 9.81. The fourth-order valence-electron chi connectivity index (χ4n) is 2.16. The van der Waals surface area contributed by atoms with Crippen molar-refractivity contribution in [2.24, 2.45) is 0 Å². The van der Waals surface area contributed by atoms with E-state index in [1.54, 1.807) is 0 Å². The summed E-state index contributed by atoms with van der Waals surface area (Å²) < 4.78 is 3.14. The van der Waals surface area contributed by atoms with Gasteiger partial charge in [0.2, 0.25) is 0 Å². The number of hydrogen-bond acceptors (Lipinski definition) is 2. The van der Waals surface area contributed by atoms with E-state index in [0.717, 1.165) is 46.0 Å². The molecule has 3 nitrogen and oxygen atoms in total. The molecule has 1 aromatic heterocycles. The summed E-state index contributed by atoms with van der Waals surface area (Å²) in [5, 5.41) is 8.84. The average molecular weight is 357 g/mol. The predicted molar refractivity (Wildman–Crippen MR) is 88.5 cm³/mol. The van der Waals surface area contributed by atoms with Crippen molar-refractivity contribution in [1.29, 1.82) is 0 Å². The first-order valence-electron chi connectivity index (χ1n) is 6.81. The highest BCUT2D eigenvalue weighted by Gasteiger charge is 2.13. The van der Waals surface area contributed by atoms with E-state index in [1.165, 1.54) is 5.69 Å². The minimum Gasteiger partial charge on any atom is -0.379 e. The summed E-state index contributed by atoms with van der Waals surface area (Å²) in [5.41, 5.74) is 4.41. The Hall–Kier alpha value is -1.000. The minimum atomic E-state index is 0.725. The van der Waals surface area contributed by atoms with E-state index in [1.807, 2.05) is 29.8 Å². The molecule has 0 aliphatic carbocycles. The Morgan fingerprint density at radius 2 is 2.10 bits per heavy atom. The second kappa shape index (κ2) is 6.64. The van der Waals surface area contributed by atoms with Gasteiger partial charge in [-0.1, -0.05) is 24.6 Å². The second-order valence-corrected chi connectivity index (χ2v) is 5.84. The van der Waals surface area contributed by atoms with Gasteiger partial charge in [-0.25, -0.2) is 0 Å². The van der Waals surface area contributed by atoms with Crippen LogP contribution in [0, 0.1) is 6.92 Å². The van der Waals surface area contributed by atoms with Crippen molar-refractivity contribution in [2.45, 2.75) is 40.3 Å². The Balaban J connectivity index is 2.22. The summed E-state index contributed by atoms with van der Waals surface area (Å²) in [6, 6.07) is 5.91. The SMILES string of the molecule is CCc1nn(CC)c(CNc2cccc(Cl)c2C)c1Br. The van der Waals surface area contributed by atoms with Crippen LogP contribution in [-0.4, -0.2) is 9.78 Å². The van der Waals surface area contributed by atoms with Crippen molar-refractivity contribution in [3.63, 3.8) is 0 Å². The molecule has 0 saturated carbocycles. The summed E-state index contributed by atoms with van der Waals surface area (Å²) in [5.74, 6) is 0. The molecule has 0 aliphatic heterocycles. The number of nitrogens with one attached hydrogen (secondary N) is 1. The third-order valence-corrected chi connectivity index (χ3v) is 4.73. The van der Waals surface area contributed by atoms with Crippen LogP contribution in [0.25, 0.3) is 0 Å². The zero-order valence-corrected chi connectivity index (χ0v) is 14.3. The van der Waals surface area contributed by atoms with Crippen molar-refractivity contribution in [2.75, 3.05) is 5.32 Å². The van der Waals surface area contributed by atoms with Crippen LogP contribution in [0.15, 0.2) is 22.7 Å². The number of aromatic nitrogens is 2. The van der Waals surface area contributed by atoms with Crippen LogP contribution in [0.1, 0.15) is 30.8 Å². The molecule has 0 amide bonds. The lowest BCUT2D eigenvalue weighted by Gasteiger charge is -2.12. The third-order valence-electron chi connectivity index (χ3n) is 3.41. The van der Waals surface area contributed by atoms with Crippen LogP contribution in [0.5, 0.6) is 0 Å². The zero-order valence-electron chi connectivity index (χ0n) is 12.0. The summed E-state index contributed by atoms with van der Waals surface area (Å²) in [6.45, 7) is 7.83. The van der Waals surface area contributed by atoms with Crippen molar-refractivity contribution in [3.05, 3.63) is 44.6 Å². The summed E-state index contributed by atoms with van der Waals surface area (Å²) in [6.07, 6.45) is 0.927. The van der Waals surface area contributed by atoms with Gasteiger partial charge in [-0.15, -0.1) is 0 Å². The monoisotopic (exact) mass is 355 g/mol. The lowest BCUT2D eigenvalue weighted by Crippen LogP contribution is -2.09. The van der Waals surface area contributed by atoms with E-state index in [9.17, 15) is 0 Å². The first-order valence-corrected chi connectivity index (χ1v) is 7.98. The largest absolute Gasteiger partial charge is 0.379 e. The highest BCUT2D eigenvalue weighted by molar-refractivity contribution is 9.10. The number of aryl methyl sites for hydroxylation is 2. The van der Waals surface area contributed by atoms with E-state index in [2.05, 4.69) is 40.2 Å². The van der Waals surface area contributed by atoms with Gasteiger partial charge in [0.05, 0.1) is 22.4 Å². The number of anilines is 1. The maximum atomic E-state index is 6.15. The van der Waals surface area contributed by atoms with Crippen molar-refractivity contribution in [1.82, 2.24) is 9.78 Å². The maximum absolute atomic E-state index is 6.15. The molecule has 0 atom stereocenters. The molecular formula is C15H19BrClN3. The van der Waals surface area contributed by atoms with Gasteiger partial charge < -0.3 is 5.32 Å². The topological polar surface area (TPSA) is 29.9 Å². The number of benzene rings is 1. The average Bonchev–Trinajstić information content (AvgIpc) is 2.76. The van der Waals surface area contributed by atoms with Crippen molar-refractivity contribution < 1.29 is 0 Å². The Labute approximate surface area is 133 Å². The number of halogens is 2. The van der Waals surface area contributed by atoms with Gasteiger partial charge in [-0.2, -0.15) is 5.10 Å². The van der Waals surface area contributed by atoms with Crippen LogP contribution < -0.4 is 5.32 Å². The van der Waals surface area contributed by atoms with Crippen LogP contribution in [0.4, 0.5) is 5.69 Å². The maximum Gasteiger partial charge on any atom is 0.0767 e. The molecule has 0 unspecified atom stereocenters. The molecule has 108 valence electrons. The van der Waals surface area contributed by atoms with Crippen molar-refractivity contribution in [3.8, 4) is 0 Å². The lowest BCUT2D eigenvalue weighted by atomic mass is 10.2. The Morgan fingerprint density at radius 3 is 2.75 bits per heavy atom. The van der Waals surface area contributed by atoms with Gasteiger partial charge in [0.1, 0.15) is 0 Å². The van der Waals surface area contributed by atoms with E-state index >= 15 is 0 Å². The van der Waals surface area contributed by atoms with Gasteiger partial charge in [-0.3, -0.25) is 4.68 Å². The summed E-state index contributed by atoms with van der Waals surface area (Å²) in [4.78, 5) is 0. The number of hydrogen-bond donors (Lipinski definition) is 1. The molecule has 0 aliphatic rings. The Bertz CT molecular complexity index is 607. The molecule has 1 heterocycles. The highest BCUT2D eigenvalue weighted by Crippen LogP contribution is 2.26. The zero-order chi connectivity index (χ0) is 14.7. The Morgan fingerprint density at radius 1 is 1.35 bits per heavy atom. The van der Waals surface area contributed by atoms with E-state index < -0.39 is 0 Å². The van der Waals surface area contributed by atoms with E-state index in [0.29, 0.717) is 0 Å². The van der Waals surface area contributed by atoms with Crippen molar-refractivity contribution >= 4 is 33.2 Å². The molecule has 0 saturated heterocycles. The van der Waals surface area contributed by atoms with E-state index in [4.69, 9.17) is 11.6 Å². The first-order chi connectivity index (χ1) is 9.58. The molecular weight excluding hydrogens is 338 g/mol. The molecule has 0 bridgehead atoms. The van der Waals surface area contributed by atoms with Gasteiger partial charge in [0.15, 0.2) is 0 Å². The van der Waals surface area contributed by atoms with Crippen LogP contribution in [0.3, 0.4) is 0 Å². The van der Waals surface area contributed by atoms with Gasteiger partial charge in [0, 0.05) is 17.3 Å². The molecule has 1 aromatic carbocycles. The molecule has 0 fully saturated rings. The van der Waals surface area contributed by atoms with E-state index in [-0.39, 0.29) is 0 Å². The fraction of sp³-hybridized carbons (Fsp3) is 0.400. The molecule has 5 heteroatoms. The molecule has 2 rings (SSSR count). The van der Waals surface area contributed by atoms with Crippen LogP contribution in [0.2, 0.25) is 5.02 Å². The number of rotatable bonds is 5. The Kier molecular flexibility index (Phi) is 5.11. The smallest absolute Gasteiger partial charge is 0.0767 e. The van der Waals surface area contributed by atoms with Gasteiger partial charge in [0.25, 0.3) is 0 Å². The first kappa shape index (κ1) is 15.4. The molecule has 2 aromatic rings. The standard InChI is InChI=1S/C15H19BrClN3/c1-4-12-15(16)14(20(5-2)19-12)9-18-13-8-6-7-11(17)10(13)3/h6-8,18H,4-5,9H2,1-3H3. The molecule has 20 heavy (non-hydrogen) atoms. The summed E-state index contributed by atoms with van der Waals surface area (Å²) in [7, 11) is 0. The molecule has 0 spiro atoms. The van der Waals surface area contributed by atoms with Gasteiger partial charge >= 0.3 is 0 Å². The molecule has 0 radical (unpaired) electrons. The quantitative estimate of drug-likeness (QED) is 0.834. The second-order valence-electron chi connectivity index (χ2n) is 4.64. The lowest BCUT2D eigenvalue weighted by molar-refractivity contribution is 0.619. The minimum absolute atomic E-state index is 0.725. The number of nitrogens with zero attached hydrogens (tertiary/aromatic N) is 2. The van der Waals surface area contributed by atoms with Gasteiger partial charge in [-0.05, 0) is 53.9 Å². The molecule has 1 N–H and O–H groups in total. The van der Waals surface area contributed by atoms with Crippen LogP contribution >= 0.6 is 27.5 Å². The normalized spacial score (nSPS) is 10.8. The fourth-order valence-corrected chi connectivity index (χ4v) is 3.04. The highest BCUT2D eigenvalue weighted by atomic mass is 79.9. The predicted octanol–water partition coefficient (Wildman–Crippen LogP) is 4.80. The third kappa shape index (κ3) is 3.01. The van der Waals surface area contributed by atoms with Crippen LogP contribution in [-0.2, 0) is 19.5 Å².